The van der Waals surface area contributed by atoms with Crippen molar-refractivity contribution in [3.63, 3.8) is 0 Å². The maximum absolute atomic E-state index is 3.74. The van der Waals surface area contributed by atoms with Gasteiger partial charge >= 0.3 is 0 Å². The van der Waals surface area contributed by atoms with Gasteiger partial charge in [0, 0.05) is 21.5 Å². The first kappa shape index (κ1) is 17.4. The summed E-state index contributed by atoms with van der Waals surface area (Å²) in [5.74, 6) is 1.25. The van der Waals surface area contributed by atoms with Crippen LogP contribution in [-0.4, -0.2) is 23.6 Å². The summed E-state index contributed by atoms with van der Waals surface area (Å²) in [7, 11) is 0. The van der Waals surface area contributed by atoms with E-state index in [1.807, 2.05) is 0 Å². The van der Waals surface area contributed by atoms with Crippen LogP contribution in [0.3, 0.4) is 0 Å². The summed E-state index contributed by atoms with van der Waals surface area (Å²) in [6.07, 6.45) is 9.56. The summed E-state index contributed by atoms with van der Waals surface area (Å²) in [5, 5.41) is 4.65. The van der Waals surface area contributed by atoms with Crippen molar-refractivity contribution in [1.82, 2.24) is 5.32 Å². The Labute approximate surface area is 142 Å². The largest absolute Gasteiger partial charge is 0.313 e. The van der Waals surface area contributed by atoms with Gasteiger partial charge in [-0.15, -0.1) is 0 Å². The standard InChI is InChI=1S/C18H28BrNS/c1-2-12-20-17(13-15-8-10-16(19)11-9-15)14-21-18-6-4-3-5-7-18/h8-11,17-18,20H,2-7,12-14H2,1H3. The van der Waals surface area contributed by atoms with E-state index in [2.05, 4.69) is 64.2 Å². The van der Waals surface area contributed by atoms with Crippen LogP contribution >= 0.6 is 27.7 Å². The Morgan fingerprint density at radius 1 is 1.19 bits per heavy atom. The molecule has 0 spiro atoms. The van der Waals surface area contributed by atoms with Crippen molar-refractivity contribution >= 4 is 27.7 Å². The van der Waals surface area contributed by atoms with Crippen LogP contribution in [0.4, 0.5) is 0 Å². The highest BCUT2D eigenvalue weighted by Gasteiger charge is 2.16. The third-order valence-electron chi connectivity index (χ3n) is 4.16. The van der Waals surface area contributed by atoms with E-state index in [0.717, 1.165) is 18.2 Å². The Morgan fingerprint density at radius 2 is 1.90 bits per heavy atom. The number of hydrogen-bond donors (Lipinski definition) is 1. The summed E-state index contributed by atoms with van der Waals surface area (Å²) in [6, 6.07) is 9.41. The van der Waals surface area contributed by atoms with Crippen molar-refractivity contribution in [2.75, 3.05) is 12.3 Å². The van der Waals surface area contributed by atoms with E-state index in [1.54, 1.807) is 0 Å². The monoisotopic (exact) mass is 369 g/mol. The molecule has 1 atom stereocenters. The van der Waals surface area contributed by atoms with Gasteiger partial charge in [-0.3, -0.25) is 0 Å². The molecule has 1 saturated carbocycles. The lowest BCUT2D eigenvalue weighted by Crippen LogP contribution is -2.34. The fourth-order valence-corrected chi connectivity index (χ4v) is 4.60. The highest BCUT2D eigenvalue weighted by atomic mass is 79.9. The minimum Gasteiger partial charge on any atom is -0.313 e. The quantitative estimate of drug-likeness (QED) is 0.655. The Morgan fingerprint density at radius 3 is 2.57 bits per heavy atom. The van der Waals surface area contributed by atoms with Gasteiger partial charge in [-0.1, -0.05) is 54.2 Å². The van der Waals surface area contributed by atoms with Gasteiger partial charge in [-0.25, -0.2) is 0 Å². The number of benzene rings is 1. The first-order valence-corrected chi connectivity index (χ1v) is 10.2. The van der Waals surface area contributed by atoms with Gasteiger partial charge in [0.1, 0.15) is 0 Å². The van der Waals surface area contributed by atoms with Gasteiger partial charge in [-0.05, 0) is 49.9 Å². The molecule has 0 radical (unpaired) electrons. The number of rotatable bonds is 8. The summed E-state index contributed by atoms with van der Waals surface area (Å²) in [5.41, 5.74) is 1.44. The molecule has 0 aromatic heterocycles. The van der Waals surface area contributed by atoms with Gasteiger partial charge in [0.05, 0.1) is 0 Å². The first-order valence-electron chi connectivity index (χ1n) is 8.37. The zero-order chi connectivity index (χ0) is 14.9. The number of nitrogens with one attached hydrogen (secondary N) is 1. The minimum absolute atomic E-state index is 0.609. The van der Waals surface area contributed by atoms with Crippen LogP contribution in [0.2, 0.25) is 0 Å². The molecule has 1 fully saturated rings. The van der Waals surface area contributed by atoms with Crippen LogP contribution in [0.15, 0.2) is 28.7 Å². The lowest BCUT2D eigenvalue weighted by Gasteiger charge is -2.25. The van der Waals surface area contributed by atoms with Gasteiger partial charge in [0.25, 0.3) is 0 Å². The van der Waals surface area contributed by atoms with Crippen molar-refractivity contribution in [3.05, 3.63) is 34.3 Å². The predicted molar refractivity (Wildman–Crippen MR) is 99.3 cm³/mol. The van der Waals surface area contributed by atoms with Crippen LogP contribution in [0.25, 0.3) is 0 Å². The van der Waals surface area contributed by atoms with Crippen LogP contribution in [0.1, 0.15) is 51.0 Å². The molecule has 118 valence electrons. The molecule has 1 aromatic carbocycles. The number of hydrogen-bond acceptors (Lipinski definition) is 2. The third kappa shape index (κ3) is 6.75. The molecular formula is C18H28BrNS. The highest BCUT2D eigenvalue weighted by Crippen LogP contribution is 2.29. The molecule has 1 nitrogen and oxygen atoms in total. The van der Waals surface area contributed by atoms with E-state index in [0.29, 0.717) is 6.04 Å². The zero-order valence-electron chi connectivity index (χ0n) is 13.1. The van der Waals surface area contributed by atoms with E-state index in [4.69, 9.17) is 0 Å². The van der Waals surface area contributed by atoms with Crippen LogP contribution in [0, 0.1) is 0 Å². The molecule has 0 heterocycles. The Balaban J connectivity index is 1.82. The van der Waals surface area contributed by atoms with E-state index in [1.165, 1.54) is 54.3 Å². The van der Waals surface area contributed by atoms with E-state index < -0.39 is 0 Å². The van der Waals surface area contributed by atoms with Gasteiger partial charge in [0.2, 0.25) is 0 Å². The van der Waals surface area contributed by atoms with E-state index in [9.17, 15) is 0 Å². The predicted octanol–water partition coefficient (Wildman–Crippen LogP) is 5.43. The molecule has 0 saturated heterocycles. The minimum atomic E-state index is 0.609. The van der Waals surface area contributed by atoms with E-state index in [-0.39, 0.29) is 0 Å². The van der Waals surface area contributed by atoms with Crippen LogP contribution < -0.4 is 5.32 Å². The molecule has 1 unspecified atom stereocenters. The maximum Gasteiger partial charge on any atom is 0.0198 e. The Kier molecular flexibility index (Phi) is 8.20. The average molecular weight is 370 g/mol. The molecule has 1 aliphatic carbocycles. The molecule has 3 heteroatoms. The third-order valence-corrected chi connectivity index (χ3v) is 6.23. The molecule has 0 bridgehead atoms. The smallest absolute Gasteiger partial charge is 0.0198 e. The lowest BCUT2D eigenvalue weighted by molar-refractivity contribution is 0.511. The molecule has 1 N–H and O–H groups in total. The topological polar surface area (TPSA) is 12.0 Å². The number of halogens is 1. The van der Waals surface area contributed by atoms with Crippen molar-refractivity contribution < 1.29 is 0 Å². The molecule has 0 aliphatic heterocycles. The number of thioether (sulfide) groups is 1. The second kappa shape index (κ2) is 9.91. The Hall–Kier alpha value is 0.01000. The molecule has 21 heavy (non-hydrogen) atoms. The van der Waals surface area contributed by atoms with E-state index >= 15 is 0 Å². The summed E-state index contributed by atoms with van der Waals surface area (Å²) >= 11 is 5.72. The average Bonchev–Trinajstić information content (AvgIpc) is 2.53. The van der Waals surface area contributed by atoms with Crippen LogP contribution in [-0.2, 0) is 6.42 Å². The van der Waals surface area contributed by atoms with Crippen molar-refractivity contribution in [1.29, 1.82) is 0 Å². The molecule has 1 aliphatic rings. The van der Waals surface area contributed by atoms with Crippen LogP contribution in [0.5, 0.6) is 0 Å². The molecule has 1 aromatic rings. The summed E-state index contributed by atoms with van der Waals surface area (Å²) in [6.45, 7) is 3.38. The lowest BCUT2D eigenvalue weighted by atomic mass is 10.0. The molecule has 2 rings (SSSR count). The first-order chi connectivity index (χ1) is 10.3. The Bertz CT molecular complexity index is 387. The second-order valence-corrected chi connectivity index (χ2v) is 8.32. The van der Waals surface area contributed by atoms with Gasteiger partial charge in [0.15, 0.2) is 0 Å². The van der Waals surface area contributed by atoms with Crippen molar-refractivity contribution in [2.45, 2.75) is 63.2 Å². The fraction of sp³-hybridized carbons (Fsp3) is 0.667. The van der Waals surface area contributed by atoms with Gasteiger partial charge in [-0.2, -0.15) is 11.8 Å². The van der Waals surface area contributed by atoms with Crippen molar-refractivity contribution in [2.24, 2.45) is 0 Å². The summed E-state index contributed by atoms with van der Waals surface area (Å²) in [4.78, 5) is 0. The summed E-state index contributed by atoms with van der Waals surface area (Å²) < 4.78 is 1.17. The SMILES string of the molecule is CCCNC(CSC1CCCCC1)Cc1ccc(Br)cc1. The molecular weight excluding hydrogens is 342 g/mol. The maximum atomic E-state index is 3.74. The second-order valence-electron chi connectivity index (χ2n) is 6.07. The normalized spacial score (nSPS) is 17.8. The highest BCUT2D eigenvalue weighted by molar-refractivity contribution is 9.10. The zero-order valence-corrected chi connectivity index (χ0v) is 15.5. The van der Waals surface area contributed by atoms with Crippen molar-refractivity contribution in [3.8, 4) is 0 Å². The fourth-order valence-electron chi connectivity index (χ4n) is 2.93. The molecule has 0 amide bonds. The van der Waals surface area contributed by atoms with Gasteiger partial charge < -0.3 is 5.32 Å².